The third-order valence-electron chi connectivity index (χ3n) is 4.46. The van der Waals surface area contributed by atoms with Crippen molar-refractivity contribution in [2.75, 3.05) is 52.0 Å². The van der Waals surface area contributed by atoms with E-state index in [0.717, 1.165) is 41.5 Å². The van der Waals surface area contributed by atoms with E-state index in [1.165, 1.54) is 0 Å². The van der Waals surface area contributed by atoms with Crippen molar-refractivity contribution in [2.45, 2.75) is 33.4 Å². The van der Waals surface area contributed by atoms with Gasteiger partial charge in [0.1, 0.15) is 5.75 Å². The molecule has 0 saturated carbocycles. The lowest BCUT2D eigenvalue weighted by molar-refractivity contribution is 0.0453. The number of ether oxygens (including phenoxy) is 4. The molecule has 2 N–H and O–H groups in total. The van der Waals surface area contributed by atoms with Gasteiger partial charge in [-0.05, 0) is 37.1 Å². The highest BCUT2D eigenvalue weighted by atomic mass is 16.5. The Morgan fingerprint density at radius 2 is 1.72 bits per heavy atom. The van der Waals surface area contributed by atoms with Gasteiger partial charge in [0.25, 0.3) is 0 Å². The minimum Gasteiger partial charge on any atom is -0.493 e. The van der Waals surface area contributed by atoms with Crippen molar-refractivity contribution in [3.05, 3.63) is 59.7 Å². The number of aliphatic imine (C=N–C) groups is 1. The molecule has 0 bridgehead atoms. The van der Waals surface area contributed by atoms with Crippen LogP contribution in [0.4, 0.5) is 5.69 Å². The fourth-order valence-corrected chi connectivity index (χ4v) is 2.94. The second kappa shape index (κ2) is 16.1. The predicted molar refractivity (Wildman–Crippen MR) is 129 cm³/mol. The molecule has 2 rings (SSSR count). The summed E-state index contributed by atoms with van der Waals surface area (Å²) in [5, 5.41) is 6.65. The summed E-state index contributed by atoms with van der Waals surface area (Å²) >= 11 is 0. The minimum absolute atomic E-state index is 0.565. The summed E-state index contributed by atoms with van der Waals surface area (Å²) in [4.78, 5) is 4.73. The fraction of sp³-hybridized carbons (Fsp3) is 0.480. The van der Waals surface area contributed by atoms with Gasteiger partial charge >= 0.3 is 0 Å². The van der Waals surface area contributed by atoms with Crippen LogP contribution in [0.2, 0.25) is 0 Å². The Labute approximate surface area is 192 Å². The van der Waals surface area contributed by atoms with Gasteiger partial charge in [0.15, 0.2) is 5.96 Å². The van der Waals surface area contributed by atoms with E-state index in [1.54, 1.807) is 7.11 Å². The van der Waals surface area contributed by atoms with E-state index in [-0.39, 0.29) is 0 Å². The highest BCUT2D eigenvalue weighted by molar-refractivity contribution is 5.93. The molecule has 0 heterocycles. The predicted octanol–water partition coefficient (Wildman–Crippen LogP) is 4.23. The van der Waals surface area contributed by atoms with Gasteiger partial charge < -0.3 is 29.6 Å². The topological polar surface area (TPSA) is 73.3 Å². The van der Waals surface area contributed by atoms with E-state index in [4.69, 9.17) is 23.9 Å². The number of rotatable bonds is 15. The van der Waals surface area contributed by atoms with Gasteiger partial charge in [-0.2, -0.15) is 0 Å². The third kappa shape index (κ3) is 10.6. The Morgan fingerprint density at radius 1 is 0.906 bits per heavy atom. The summed E-state index contributed by atoms with van der Waals surface area (Å²) < 4.78 is 21.8. The summed E-state index contributed by atoms with van der Waals surface area (Å²) in [6, 6.07) is 16.2. The quantitative estimate of drug-likeness (QED) is 0.244. The molecule has 0 aliphatic carbocycles. The summed E-state index contributed by atoms with van der Waals surface area (Å²) in [7, 11) is 1.69. The number of nitrogens with zero attached hydrogens (tertiary/aromatic N) is 1. The number of nitrogens with one attached hydrogen (secondary N) is 2. The maximum absolute atomic E-state index is 5.79. The fourth-order valence-electron chi connectivity index (χ4n) is 2.94. The van der Waals surface area contributed by atoms with Crippen LogP contribution >= 0.6 is 0 Å². The zero-order chi connectivity index (χ0) is 22.9. The number of benzene rings is 2. The highest BCUT2D eigenvalue weighted by Crippen LogP contribution is 2.17. The molecule has 2 aromatic rings. The molecule has 0 amide bonds. The van der Waals surface area contributed by atoms with Gasteiger partial charge in [-0.25, -0.2) is 4.99 Å². The number of anilines is 1. The lowest BCUT2D eigenvalue weighted by Crippen LogP contribution is -2.30. The van der Waals surface area contributed by atoms with Crippen LogP contribution in [0.1, 0.15) is 31.4 Å². The van der Waals surface area contributed by atoms with Crippen molar-refractivity contribution in [3.8, 4) is 5.75 Å². The second-order valence-electron chi connectivity index (χ2n) is 7.11. The van der Waals surface area contributed by atoms with Crippen LogP contribution in [-0.4, -0.2) is 52.6 Å². The van der Waals surface area contributed by atoms with Crippen LogP contribution in [0.3, 0.4) is 0 Å². The molecule has 0 radical (unpaired) electrons. The number of guanidine groups is 1. The van der Waals surface area contributed by atoms with Crippen molar-refractivity contribution in [1.82, 2.24) is 5.32 Å². The Bertz CT molecular complexity index is 798. The molecular formula is C25H37N3O4. The van der Waals surface area contributed by atoms with Gasteiger partial charge in [0.2, 0.25) is 0 Å². The molecule has 0 unspecified atom stereocenters. The lowest BCUT2D eigenvalue weighted by Gasteiger charge is -2.13. The van der Waals surface area contributed by atoms with Crippen molar-refractivity contribution in [1.29, 1.82) is 0 Å². The monoisotopic (exact) mass is 443 g/mol. The smallest absolute Gasteiger partial charge is 0.196 e. The maximum Gasteiger partial charge on any atom is 0.196 e. The van der Waals surface area contributed by atoms with Crippen LogP contribution in [0.5, 0.6) is 5.75 Å². The van der Waals surface area contributed by atoms with E-state index in [1.807, 2.05) is 44.2 Å². The van der Waals surface area contributed by atoms with Crippen molar-refractivity contribution in [3.63, 3.8) is 0 Å². The van der Waals surface area contributed by atoms with Crippen LogP contribution in [0, 0.1) is 0 Å². The first-order valence-corrected chi connectivity index (χ1v) is 11.3. The van der Waals surface area contributed by atoms with Crippen molar-refractivity contribution >= 4 is 11.6 Å². The standard InChI is InChI=1S/C25H37N3O4/c1-4-26-25(28-23-11-7-12-24(18-23)32-14-8-13-29-3)27-19-21-9-6-10-22(17-21)20-31-16-15-30-5-2/h6-7,9-12,17-18H,4-5,8,13-16,19-20H2,1-3H3,(H2,26,27,28). The first kappa shape index (κ1) is 25.6. The van der Waals surface area contributed by atoms with Crippen LogP contribution < -0.4 is 15.4 Å². The SMILES string of the molecule is CCNC(=NCc1cccc(COCCOCC)c1)Nc1cccc(OCCCOC)c1. The molecular weight excluding hydrogens is 406 g/mol. The maximum atomic E-state index is 5.79. The molecule has 7 heteroatoms. The van der Waals surface area contributed by atoms with Gasteiger partial charge in [-0.3, -0.25) is 0 Å². The molecule has 0 aromatic heterocycles. The summed E-state index contributed by atoms with van der Waals surface area (Å²) in [6.45, 7) is 9.18. The zero-order valence-corrected chi connectivity index (χ0v) is 19.6. The van der Waals surface area contributed by atoms with E-state index in [0.29, 0.717) is 46.2 Å². The zero-order valence-electron chi connectivity index (χ0n) is 19.6. The van der Waals surface area contributed by atoms with Gasteiger partial charge in [-0.15, -0.1) is 0 Å². The van der Waals surface area contributed by atoms with Crippen LogP contribution in [-0.2, 0) is 27.4 Å². The molecule has 176 valence electrons. The lowest BCUT2D eigenvalue weighted by atomic mass is 10.1. The Hall–Kier alpha value is -2.61. The highest BCUT2D eigenvalue weighted by Gasteiger charge is 2.03. The van der Waals surface area contributed by atoms with Crippen LogP contribution in [0.15, 0.2) is 53.5 Å². The average molecular weight is 444 g/mol. The van der Waals surface area contributed by atoms with Crippen LogP contribution in [0.25, 0.3) is 0 Å². The number of hydrogen-bond donors (Lipinski definition) is 2. The number of hydrogen-bond acceptors (Lipinski definition) is 5. The minimum atomic E-state index is 0.565. The molecule has 2 aromatic carbocycles. The van der Waals surface area contributed by atoms with Gasteiger partial charge in [0.05, 0.1) is 33.0 Å². The summed E-state index contributed by atoms with van der Waals surface area (Å²) in [6.07, 6.45) is 0.856. The number of methoxy groups -OCH3 is 1. The van der Waals surface area contributed by atoms with E-state index in [2.05, 4.69) is 28.8 Å². The van der Waals surface area contributed by atoms with Gasteiger partial charge in [0, 0.05) is 45.0 Å². The molecule has 0 saturated heterocycles. The van der Waals surface area contributed by atoms with Crippen molar-refractivity contribution in [2.24, 2.45) is 4.99 Å². The molecule has 7 nitrogen and oxygen atoms in total. The molecule has 0 fully saturated rings. The van der Waals surface area contributed by atoms with Gasteiger partial charge in [-0.1, -0.05) is 30.3 Å². The Kier molecular flexibility index (Phi) is 12.9. The molecule has 0 atom stereocenters. The normalized spacial score (nSPS) is 11.4. The Balaban J connectivity index is 1.92. The molecule has 0 aliphatic heterocycles. The van der Waals surface area contributed by atoms with Crippen molar-refractivity contribution < 1.29 is 18.9 Å². The molecule has 0 aliphatic rings. The molecule has 0 spiro atoms. The summed E-state index contributed by atoms with van der Waals surface area (Å²) in [5.74, 6) is 1.54. The molecule has 32 heavy (non-hydrogen) atoms. The third-order valence-corrected chi connectivity index (χ3v) is 4.46. The first-order chi connectivity index (χ1) is 15.7. The second-order valence-corrected chi connectivity index (χ2v) is 7.11. The van der Waals surface area contributed by atoms with E-state index in [9.17, 15) is 0 Å². The largest absolute Gasteiger partial charge is 0.493 e. The van der Waals surface area contributed by atoms with E-state index < -0.39 is 0 Å². The van der Waals surface area contributed by atoms with E-state index >= 15 is 0 Å². The Morgan fingerprint density at radius 3 is 2.53 bits per heavy atom. The summed E-state index contributed by atoms with van der Waals surface area (Å²) in [5.41, 5.74) is 3.18. The average Bonchev–Trinajstić information content (AvgIpc) is 2.81. The first-order valence-electron chi connectivity index (χ1n) is 11.3.